The monoisotopic (exact) mass is 1520 g/mol. The lowest BCUT2D eigenvalue weighted by molar-refractivity contribution is -0.301. The molecule has 35 nitrogen and oxygen atoms in total. The van der Waals surface area contributed by atoms with E-state index in [-0.39, 0.29) is 196 Å². The van der Waals surface area contributed by atoms with Gasteiger partial charge in [0.2, 0.25) is 47.6 Å². The molecule has 0 aromatic heterocycles. The van der Waals surface area contributed by atoms with E-state index >= 15 is 0 Å². The van der Waals surface area contributed by atoms with Gasteiger partial charge in [0.1, 0.15) is 54.6 Å². The Morgan fingerprint density at radius 1 is 0.429 bits per heavy atom. The fourth-order valence-corrected chi connectivity index (χ4v) is 10.2. The molecule has 612 valence electrons. The predicted molar refractivity (Wildman–Crippen MR) is 379 cm³/mol. The first kappa shape index (κ1) is 97.6. The molecule has 20 N–H and O–H groups in total. The molecule has 105 heavy (non-hydrogen) atoms. The average molecular weight is 1520 g/mol. The van der Waals surface area contributed by atoms with Crippen molar-refractivity contribution < 1.29 is 138 Å². The van der Waals surface area contributed by atoms with E-state index in [0.717, 1.165) is 44.9 Å². The topological polar surface area (TPSA) is 548 Å². The number of hydrogen-bond acceptors (Lipinski definition) is 28. The SMILES string of the molecule is CC(CO)C(O)C(O)C(O)C(O)OCCCCC(=O)NCCCNC(=O)CCOCC(COCCC(=O)NCCCNC(=O)CCCCOC1OC(CO)C(O)C(O)C1O)(COCCC(=O)NCCCNC(=O)CCCCO[C@H](O)/C(O)=C(\O)CO)NC(=O)CCCCCCCCCCC(=O)C(C)(C)C. The first-order chi connectivity index (χ1) is 50.0. The van der Waals surface area contributed by atoms with Crippen molar-refractivity contribution in [1.82, 2.24) is 37.2 Å². The number of hydrogen-bond donors (Lipinski definition) is 20. The highest BCUT2D eigenvalue weighted by Gasteiger charge is 2.44. The molecule has 1 rings (SSSR count). The molecule has 7 amide bonds. The first-order valence-corrected chi connectivity index (χ1v) is 37.1. The maximum absolute atomic E-state index is 13.9. The van der Waals surface area contributed by atoms with Gasteiger partial charge in [-0.05, 0) is 70.6 Å². The number of carbonyl (C=O) groups is 8. The molecule has 0 aromatic carbocycles. The minimum absolute atomic E-state index is 0.0425. The molecule has 0 bridgehead atoms. The van der Waals surface area contributed by atoms with Crippen molar-refractivity contribution in [3.05, 3.63) is 11.5 Å². The number of rotatable bonds is 65. The van der Waals surface area contributed by atoms with E-state index in [0.29, 0.717) is 70.6 Å². The zero-order valence-electron chi connectivity index (χ0n) is 62.2. The summed E-state index contributed by atoms with van der Waals surface area (Å²) < 4.78 is 39.1. The van der Waals surface area contributed by atoms with Gasteiger partial charge in [0.05, 0.1) is 59.0 Å². The highest BCUT2D eigenvalue weighted by Crippen LogP contribution is 2.24. The van der Waals surface area contributed by atoms with E-state index in [1.54, 1.807) is 0 Å². The van der Waals surface area contributed by atoms with Gasteiger partial charge in [-0.15, -0.1) is 0 Å². The van der Waals surface area contributed by atoms with Gasteiger partial charge in [-0.3, -0.25) is 38.4 Å². The molecular weight excluding hydrogens is 1390 g/mol. The number of nitrogens with one attached hydrogen (secondary N) is 7. The van der Waals surface area contributed by atoms with Crippen LogP contribution in [0.2, 0.25) is 0 Å². The Bertz CT molecular complexity index is 2430. The van der Waals surface area contributed by atoms with Gasteiger partial charge in [-0.25, -0.2) is 0 Å². The van der Waals surface area contributed by atoms with Crippen LogP contribution in [0.3, 0.4) is 0 Å². The van der Waals surface area contributed by atoms with Gasteiger partial charge >= 0.3 is 0 Å². The van der Waals surface area contributed by atoms with Gasteiger partial charge < -0.3 is 137 Å². The van der Waals surface area contributed by atoms with E-state index in [1.807, 2.05) is 20.8 Å². The van der Waals surface area contributed by atoms with Gasteiger partial charge in [-0.1, -0.05) is 66.2 Å². The second-order valence-electron chi connectivity index (χ2n) is 27.4. The number of unbranched alkanes of at least 4 members (excludes halogenated alkanes) is 10. The zero-order valence-corrected chi connectivity index (χ0v) is 62.2. The van der Waals surface area contributed by atoms with E-state index in [1.165, 1.54) is 6.92 Å². The molecular formula is C70H129N7O28. The summed E-state index contributed by atoms with van der Waals surface area (Å²) >= 11 is 0. The number of aliphatic hydroxyl groups is 13. The number of aliphatic hydroxyl groups excluding tert-OH is 13. The van der Waals surface area contributed by atoms with Crippen LogP contribution in [-0.2, 0) is 71.5 Å². The van der Waals surface area contributed by atoms with Gasteiger partial charge in [0.25, 0.3) is 0 Å². The number of Topliss-reactive ketones (excluding diaryl/α,β-unsaturated/α-hetero) is 1. The minimum Gasteiger partial charge on any atom is -0.506 e. The molecule has 1 heterocycles. The van der Waals surface area contributed by atoms with Crippen molar-refractivity contribution in [3.8, 4) is 0 Å². The maximum Gasteiger partial charge on any atom is 0.222 e. The second-order valence-corrected chi connectivity index (χ2v) is 27.4. The van der Waals surface area contributed by atoms with Crippen LogP contribution in [0.1, 0.15) is 188 Å². The fraction of sp³-hybridized carbons (Fsp3) is 0.857. The average Bonchev–Trinajstić information content (AvgIpc) is 0.821. The second kappa shape index (κ2) is 58.6. The summed E-state index contributed by atoms with van der Waals surface area (Å²) in [4.78, 5) is 102. The highest BCUT2D eigenvalue weighted by atomic mass is 16.7. The highest BCUT2D eigenvalue weighted by molar-refractivity contribution is 5.83. The van der Waals surface area contributed by atoms with Crippen LogP contribution in [-0.4, -0.2) is 299 Å². The van der Waals surface area contributed by atoms with Crippen molar-refractivity contribution in [1.29, 1.82) is 0 Å². The van der Waals surface area contributed by atoms with Crippen LogP contribution in [0, 0.1) is 11.3 Å². The molecule has 12 atom stereocenters. The van der Waals surface area contributed by atoms with Crippen molar-refractivity contribution in [2.45, 2.75) is 255 Å². The lowest BCUT2D eigenvalue weighted by Gasteiger charge is -2.39. The van der Waals surface area contributed by atoms with Gasteiger partial charge in [0, 0.05) is 122 Å². The van der Waals surface area contributed by atoms with E-state index in [4.69, 9.17) is 38.3 Å². The van der Waals surface area contributed by atoms with Crippen molar-refractivity contribution in [2.24, 2.45) is 11.3 Å². The summed E-state index contributed by atoms with van der Waals surface area (Å²) in [6.07, 6.45) is -4.59. The molecule has 0 aliphatic carbocycles. The smallest absolute Gasteiger partial charge is 0.222 e. The fourth-order valence-electron chi connectivity index (χ4n) is 10.2. The molecule has 1 fully saturated rings. The molecule has 35 heteroatoms. The quantitative estimate of drug-likeness (QED) is 0.0187. The van der Waals surface area contributed by atoms with Crippen LogP contribution < -0.4 is 37.2 Å². The third kappa shape index (κ3) is 46.5. The normalized spacial score (nSPS) is 18.6. The molecule has 11 unspecified atom stereocenters. The Kier molecular flexibility index (Phi) is 54.4. The number of ketones is 1. The largest absolute Gasteiger partial charge is 0.506 e. The molecule has 1 saturated heterocycles. The molecule has 1 aliphatic heterocycles. The van der Waals surface area contributed by atoms with Crippen LogP contribution in [0.15, 0.2) is 11.5 Å². The van der Waals surface area contributed by atoms with Crippen molar-refractivity contribution in [2.75, 3.05) is 119 Å². The summed E-state index contributed by atoms with van der Waals surface area (Å²) in [5.74, 6) is -4.48. The number of carbonyl (C=O) groups excluding carboxylic acids is 8. The van der Waals surface area contributed by atoms with E-state index in [9.17, 15) is 99.6 Å². The first-order valence-electron chi connectivity index (χ1n) is 37.1. The third-order valence-electron chi connectivity index (χ3n) is 17.0. The van der Waals surface area contributed by atoms with Crippen molar-refractivity contribution in [3.63, 3.8) is 0 Å². The zero-order chi connectivity index (χ0) is 78.4. The summed E-state index contributed by atoms with van der Waals surface area (Å²) in [6, 6.07) is 0. The summed E-state index contributed by atoms with van der Waals surface area (Å²) in [5.41, 5.74) is -1.75. The van der Waals surface area contributed by atoms with Crippen LogP contribution >= 0.6 is 0 Å². The number of ether oxygens (including phenoxy) is 7. The van der Waals surface area contributed by atoms with Crippen LogP contribution in [0.5, 0.6) is 0 Å². The Morgan fingerprint density at radius 3 is 1.22 bits per heavy atom. The van der Waals surface area contributed by atoms with Crippen LogP contribution in [0.25, 0.3) is 0 Å². The van der Waals surface area contributed by atoms with E-state index in [2.05, 4.69) is 37.2 Å². The van der Waals surface area contributed by atoms with Gasteiger partial charge in [0.15, 0.2) is 24.1 Å². The number of amides is 7. The Balaban J connectivity index is 2.94. The lowest BCUT2D eigenvalue weighted by Crippen LogP contribution is -2.59. The van der Waals surface area contributed by atoms with Crippen LogP contribution in [0.4, 0.5) is 0 Å². The Labute approximate surface area is 616 Å². The molecule has 0 radical (unpaired) electrons. The molecule has 1 aliphatic rings. The minimum atomic E-state index is -1.84. The molecule has 0 saturated carbocycles. The van der Waals surface area contributed by atoms with E-state index < -0.39 is 104 Å². The summed E-state index contributed by atoms with van der Waals surface area (Å²) in [7, 11) is 0. The standard InChI is InChI=1S/C70H129N7O28/c1-48(42-78)59(90)62(93)64(95)67(98)103-37-17-14-24-53(84)72-31-20-34-75-56(87)28-40-100-46-70(77-58(89)26-12-10-8-6-5-7-9-11-22-51(82)69(2,3)4,45-99-39-27-55(86)74-33-19-30-71-52(83)23-13-16-36-102-66(97)60(91)49(81)43-79)47-101-41-29-57(88)76-35-21-32-73-54(85)25-15-18-38-104-68-65(96)63(94)61(92)50(44-80)105-68/h48,50,59,61-68,78-81,90-98H,5-47H2,1-4H3,(H,71,83)(H,72,84)(H,73,85)(H,74,86)(H,75,87)(H,76,88)(H,77,89)/b60-49+/t48?,50?,59?,61?,62?,63?,64?,65?,66-,67?,68?,70?/m0/s1. The molecule has 0 spiro atoms. The Hall–Kier alpha value is -5.42. The summed E-state index contributed by atoms with van der Waals surface area (Å²) in [6.45, 7) is 5.62. The molecule has 0 aromatic rings. The predicted octanol–water partition coefficient (Wildman–Crippen LogP) is -1.53. The Morgan fingerprint density at radius 2 is 0.810 bits per heavy atom. The third-order valence-corrected chi connectivity index (χ3v) is 17.0. The van der Waals surface area contributed by atoms with Crippen molar-refractivity contribution >= 4 is 47.1 Å². The van der Waals surface area contributed by atoms with Gasteiger partial charge in [-0.2, -0.15) is 0 Å². The maximum atomic E-state index is 13.9. The lowest BCUT2D eigenvalue weighted by atomic mass is 9.88. The summed E-state index contributed by atoms with van der Waals surface area (Å²) in [5, 5.41) is 146.